The predicted octanol–water partition coefficient (Wildman–Crippen LogP) is 6.07. The van der Waals surface area contributed by atoms with Gasteiger partial charge in [0, 0.05) is 18.0 Å². The Hall–Kier alpha value is -2.24. The molecule has 0 radical (unpaired) electrons. The molecule has 0 spiro atoms. The second-order valence-corrected chi connectivity index (χ2v) is 20.0. The predicted molar refractivity (Wildman–Crippen MR) is 178 cm³/mol. The lowest BCUT2D eigenvalue weighted by atomic mass is 10.1. The molecule has 0 aromatic carbocycles. The van der Waals surface area contributed by atoms with Crippen LogP contribution in [0.4, 0.5) is 5.95 Å². The van der Waals surface area contributed by atoms with Crippen molar-refractivity contribution in [3.8, 4) is 6.07 Å². The zero-order chi connectivity index (χ0) is 33.9. The molecule has 252 valence electrons. The van der Waals surface area contributed by atoms with Gasteiger partial charge in [-0.05, 0) is 52.2 Å². The highest BCUT2D eigenvalue weighted by Gasteiger charge is 2.53. The molecular formula is C30H52N7O6PSi. The molecule has 1 fully saturated rings. The van der Waals surface area contributed by atoms with E-state index in [1.54, 1.807) is 18.4 Å². The Labute approximate surface area is 269 Å². The molecule has 2 aromatic rings. The van der Waals surface area contributed by atoms with Gasteiger partial charge < -0.3 is 18.2 Å². The molecule has 1 amide bonds. The molecule has 1 aliphatic heterocycles. The molecule has 2 N–H and O–H groups in total. The lowest BCUT2D eigenvalue weighted by molar-refractivity contribution is -0.118. The summed E-state index contributed by atoms with van der Waals surface area (Å²) in [4.78, 5) is 37.1. The first-order valence-corrected chi connectivity index (χ1v) is 19.8. The largest absolute Gasteiger partial charge is 0.408 e. The van der Waals surface area contributed by atoms with Crippen molar-refractivity contribution >= 4 is 39.9 Å². The van der Waals surface area contributed by atoms with Crippen molar-refractivity contribution in [2.45, 2.75) is 137 Å². The Bertz CT molecular complexity index is 1390. The summed E-state index contributed by atoms with van der Waals surface area (Å²) in [6, 6.07) is 2.32. The van der Waals surface area contributed by atoms with Crippen LogP contribution in [0.25, 0.3) is 11.2 Å². The van der Waals surface area contributed by atoms with Crippen molar-refractivity contribution in [3.05, 3.63) is 16.7 Å². The van der Waals surface area contributed by atoms with Gasteiger partial charge in [0.1, 0.15) is 12.2 Å². The Kier molecular flexibility index (Phi) is 12.5. The number of nitriles is 1. The van der Waals surface area contributed by atoms with Crippen LogP contribution < -0.4 is 10.9 Å². The molecule has 1 saturated heterocycles. The fraction of sp³-hybridized carbons (Fsp3) is 0.767. The Balaban J connectivity index is 2.18. The molecule has 13 nitrogen and oxygen atoms in total. The first kappa shape index (κ1) is 37.2. The Morgan fingerprint density at radius 3 is 2.40 bits per heavy atom. The van der Waals surface area contributed by atoms with E-state index >= 15 is 0 Å². The minimum atomic E-state index is -2.33. The third kappa shape index (κ3) is 8.57. The van der Waals surface area contributed by atoms with Crippen LogP contribution >= 0.6 is 8.53 Å². The molecule has 5 atom stereocenters. The van der Waals surface area contributed by atoms with Crippen LogP contribution in [0, 0.1) is 17.2 Å². The van der Waals surface area contributed by atoms with Gasteiger partial charge >= 0.3 is 0 Å². The molecule has 1 unspecified atom stereocenters. The number of aromatic amines is 1. The summed E-state index contributed by atoms with van der Waals surface area (Å²) in [5.74, 6) is -0.564. The van der Waals surface area contributed by atoms with Crippen LogP contribution in [0.2, 0.25) is 18.1 Å². The zero-order valence-electron chi connectivity index (χ0n) is 28.9. The van der Waals surface area contributed by atoms with E-state index in [0.717, 1.165) is 0 Å². The second kappa shape index (κ2) is 15.1. The first-order chi connectivity index (χ1) is 20.9. The van der Waals surface area contributed by atoms with E-state index < -0.39 is 40.8 Å². The average Bonchev–Trinajstić information content (AvgIpc) is 3.48. The minimum Gasteiger partial charge on any atom is -0.408 e. The number of fused-ring (bicyclic) bond motifs is 1. The molecule has 0 aliphatic carbocycles. The lowest BCUT2D eigenvalue weighted by Crippen LogP contribution is -2.49. The van der Waals surface area contributed by atoms with Gasteiger partial charge in [-0.15, -0.1) is 0 Å². The van der Waals surface area contributed by atoms with Crippen molar-refractivity contribution in [2.75, 3.05) is 11.9 Å². The molecular weight excluding hydrogens is 613 g/mol. The number of rotatable bonds is 14. The van der Waals surface area contributed by atoms with Crippen molar-refractivity contribution in [1.82, 2.24) is 24.2 Å². The fourth-order valence-electron chi connectivity index (χ4n) is 4.86. The minimum absolute atomic E-state index is 0.0254. The normalized spacial score (nSPS) is 21.8. The van der Waals surface area contributed by atoms with E-state index in [1.165, 1.54) is 6.33 Å². The average molecular weight is 666 g/mol. The summed E-state index contributed by atoms with van der Waals surface area (Å²) < 4.78 is 30.9. The highest BCUT2D eigenvalue weighted by molar-refractivity contribution is 7.44. The second-order valence-electron chi connectivity index (χ2n) is 13.8. The van der Waals surface area contributed by atoms with Crippen LogP contribution in [-0.4, -0.2) is 75.4 Å². The number of aromatic nitrogens is 4. The summed E-state index contributed by atoms with van der Waals surface area (Å²) >= 11 is 0. The summed E-state index contributed by atoms with van der Waals surface area (Å²) in [6.07, 6.45) is 0.139. The number of H-pyrrole nitrogens is 1. The van der Waals surface area contributed by atoms with Crippen molar-refractivity contribution in [3.63, 3.8) is 0 Å². The number of amides is 1. The lowest BCUT2D eigenvalue weighted by Gasteiger charge is -2.42. The third-order valence-electron chi connectivity index (χ3n) is 8.27. The molecule has 0 saturated carbocycles. The van der Waals surface area contributed by atoms with Gasteiger partial charge in [-0.25, -0.2) is 9.65 Å². The number of ether oxygens (including phenoxy) is 1. The van der Waals surface area contributed by atoms with E-state index in [9.17, 15) is 14.9 Å². The summed E-state index contributed by atoms with van der Waals surface area (Å²) in [5.41, 5.74) is -0.124. The molecule has 15 heteroatoms. The fourth-order valence-corrected chi connectivity index (χ4v) is 7.92. The highest BCUT2D eigenvalue weighted by Crippen LogP contribution is 2.52. The summed E-state index contributed by atoms with van der Waals surface area (Å²) in [7, 11) is -4.00. The summed E-state index contributed by atoms with van der Waals surface area (Å²) in [5, 5.41) is 11.8. The van der Waals surface area contributed by atoms with E-state index in [4.69, 9.17) is 18.2 Å². The van der Waals surface area contributed by atoms with Crippen molar-refractivity contribution < 1.29 is 23.0 Å². The number of carbonyl (C=O) groups excluding carboxylic acids is 1. The highest BCUT2D eigenvalue weighted by atomic mass is 31.2. The van der Waals surface area contributed by atoms with E-state index in [2.05, 4.69) is 92.6 Å². The SMILES string of the molecule is CC[C@H]1O[C@@H](n2cnc3c(=O)[nH]c(NC(=O)C(C)C)nc32)[C@H](OP(OCCC#N)N(C(C)C)C(C)C)[C@@H]1O[Si](C)(C)C(C)(C)C. The van der Waals surface area contributed by atoms with E-state index in [-0.39, 0.29) is 65.2 Å². The standard InChI is InChI=1S/C30H52N7O6PSi/c1-13-21-23(43-45(11,12)30(8,9)10)24(42-44(40-16-14-15-31)37(19(4)5)20(6)7)28(41-21)36-17-32-22-25(36)33-29(35-27(22)39)34-26(38)18(2)3/h17-21,23-24,28H,13-14,16H2,1-12H3,(H2,33,34,35,38,39)/t21-,23-,24-,28-,44?/m1/s1. The molecule has 3 heterocycles. The maximum atomic E-state index is 13.0. The van der Waals surface area contributed by atoms with Gasteiger partial charge in [0.05, 0.1) is 31.5 Å². The van der Waals surface area contributed by atoms with E-state index in [0.29, 0.717) is 6.42 Å². The van der Waals surface area contributed by atoms with Crippen LogP contribution in [-0.2, 0) is 23.0 Å². The van der Waals surface area contributed by atoms with Crippen LogP contribution in [0.5, 0.6) is 0 Å². The van der Waals surface area contributed by atoms with Crippen molar-refractivity contribution in [2.24, 2.45) is 5.92 Å². The van der Waals surface area contributed by atoms with Gasteiger partial charge in [0.15, 0.2) is 25.7 Å². The number of carbonyl (C=O) groups is 1. The number of nitrogens with one attached hydrogen (secondary N) is 2. The Morgan fingerprint density at radius 2 is 1.87 bits per heavy atom. The van der Waals surface area contributed by atoms with Crippen LogP contribution in [0.1, 0.15) is 88.3 Å². The molecule has 3 rings (SSSR count). The maximum absolute atomic E-state index is 13.0. The Morgan fingerprint density at radius 1 is 1.22 bits per heavy atom. The smallest absolute Gasteiger partial charge is 0.280 e. The van der Waals surface area contributed by atoms with Gasteiger partial charge in [-0.2, -0.15) is 10.2 Å². The molecule has 0 bridgehead atoms. The number of imidazole rings is 1. The summed E-state index contributed by atoms with van der Waals surface area (Å²) in [6.45, 7) is 25.1. The van der Waals surface area contributed by atoms with Gasteiger partial charge in [0.25, 0.3) is 14.1 Å². The van der Waals surface area contributed by atoms with Crippen LogP contribution in [0.15, 0.2) is 11.1 Å². The van der Waals surface area contributed by atoms with Crippen molar-refractivity contribution in [1.29, 1.82) is 5.26 Å². The monoisotopic (exact) mass is 665 g/mol. The quantitative estimate of drug-likeness (QED) is 0.138. The topological polar surface area (TPSA) is 157 Å². The zero-order valence-corrected chi connectivity index (χ0v) is 30.8. The number of anilines is 1. The maximum Gasteiger partial charge on any atom is 0.280 e. The molecule has 45 heavy (non-hydrogen) atoms. The van der Waals surface area contributed by atoms with Gasteiger partial charge in [0.2, 0.25) is 11.9 Å². The third-order valence-corrected chi connectivity index (χ3v) is 14.9. The van der Waals surface area contributed by atoms with Crippen LogP contribution in [0.3, 0.4) is 0 Å². The number of nitrogens with zero attached hydrogens (tertiary/aromatic N) is 5. The number of hydrogen-bond donors (Lipinski definition) is 2. The first-order valence-electron chi connectivity index (χ1n) is 15.8. The van der Waals surface area contributed by atoms with E-state index in [1.807, 2.05) is 6.92 Å². The number of hydrogen-bond acceptors (Lipinski definition) is 10. The van der Waals surface area contributed by atoms with Gasteiger partial charge in [-0.1, -0.05) is 41.5 Å². The van der Waals surface area contributed by atoms with Gasteiger partial charge in [-0.3, -0.25) is 24.5 Å². The molecule has 2 aromatic heterocycles. The molecule has 1 aliphatic rings.